The lowest BCUT2D eigenvalue weighted by Crippen LogP contribution is -2.42. The molecule has 3 N–H and O–H groups in total. The fraction of sp³-hybridized carbons (Fsp3) is 0.368. The second kappa shape index (κ2) is 6.71. The van der Waals surface area contributed by atoms with Gasteiger partial charge in [0.1, 0.15) is 6.04 Å². The lowest BCUT2D eigenvalue weighted by atomic mass is 10.1. The number of aromatic nitrogens is 3. The summed E-state index contributed by atoms with van der Waals surface area (Å²) < 4.78 is 5.29. The molecule has 142 valence electrons. The highest BCUT2D eigenvalue weighted by Gasteiger charge is 2.30. The molecule has 0 bridgehead atoms. The number of imidazole rings is 1. The topological polar surface area (TPSA) is 85.0 Å². The summed E-state index contributed by atoms with van der Waals surface area (Å²) in [7, 11) is 5.51. The normalized spacial score (nSPS) is 19.7. The van der Waals surface area contributed by atoms with Crippen LogP contribution in [0.15, 0.2) is 41.3 Å². The van der Waals surface area contributed by atoms with Gasteiger partial charge in [-0.1, -0.05) is 6.07 Å². The van der Waals surface area contributed by atoms with E-state index in [9.17, 15) is 9.59 Å². The molecule has 27 heavy (non-hydrogen) atoms. The molecule has 3 heterocycles. The van der Waals surface area contributed by atoms with Gasteiger partial charge in [0, 0.05) is 39.6 Å². The largest absolute Gasteiger partial charge is 0.353 e. The molecule has 2 atom stereocenters. The van der Waals surface area contributed by atoms with Crippen LogP contribution < -0.4 is 21.9 Å². The Balaban J connectivity index is 1.41. The first kappa shape index (κ1) is 17.6. The average Bonchev–Trinajstić information content (AvgIpc) is 3.36. The van der Waals surface area contributed by atoms with Crippen LogP contribution in [0.1, 0.15) is 23.7 Å². The smallest absolute Gasteiger partial charge is 0.328 e. The summed E-state index contributed by atoms with van der Waals surface area (Å²) in [5.74, 6) is -0.0405. The van der Waals surface area contributed by atoms with E-state index in [-0.39, 0.29) is 23.7 Å². The van der Waals surface area contributed by atoms with Crippen molar-refractivity contribution in [3.63, 3.8) is 0 Å². The maximum atomic E-state index is 12.5. The summed E-state index contributed by atoms with van der Waals surface area (Å²) in [5.41, 5.74) is 10.1. The molecule has 1 amide bonds. The van der Waals surface area contributed by atoms with Gasteiger partial charge in [-0.25, -0.2) is 15.6 Å². The van der Waals surface area contributed by atoms with Crippen LogP contribution in [0.4, 0.5) is 0 Å². The highest BCUT2D eigenvalue weighted by atomic mass is 16.2. The van der Waals surface area contributed by atoms with Crippen LogP contribution >= 0.6 is 0 Å². The minimum absolute atomic E-state index is 0.0405. The van der Waals surface area contributed by atoms with Crippen LogP contribution in [-0.4, -0.2) is 25.7 Å². The highest BCUT2D eigenvalue weighted by molar-refractivity contribution is 5.82. The minimum Gasteiger partial charge on any atom is -0.353 e. The monoisotopic (exact) mass is 368 g/mol. The number of nitrogens with one attached hydrogen (secondary N) is 3. The predicted octanol–water partition coefficient (Wildman–Crippen LogP) is 0.440. The van der Waals surface area contributed by atoms with E-state index >= 15 is 0 Å². The third-order valence-corrected chi connectivity index (χ3v) is 5.36. The van der Waals surface area contributed by atoms with Gasteiger partial charge in [0.05, 0.1) is 17.1 Å². The number of nitrogens with zero attached hydrogens (tertiary/aromatic N) is 3. The molecule has 8 heteroatoms. The average molecular weight is 368 g/mol. The van der Waals surface area contributed by atoms with Gasteiger partial charge >= 0.3 is 5.69 Å². The number of fused-ring (bicyclic) bond motifs is 1. The third kappa shape index (κ3) is 3.07. The Kier molecular flexibility index (Phi) is 4.37. The summed E-state index contributed by atoms with van der Waals surface area (Å²) in [4.78, 5) is 24.6. The van der Waals surface area contributed by atoms with Crippen LogP contribution in [-0.2, 0) is 32.5 Å². The maximum absolute atomic E-state index is 12.5. The maximum Gasteiger partial charge on any atom is 0.328 e. The predicted molar refractivity (Wildman–Crippen MR) is 103 cm³/mol. The molecule has 1 saturated heterocycles. The van der Waals surface area contributed by atoms with E-state index in [2.05, 4.69) is 26.8 Å². The number of amides is 1. The molecule has 1 fully saturated rings. The fourth-order valence-corrected chi connectivity index (χ4v) is 3.73. The van der Waals surface area contributed by atoms with E-state index in [1.807, 2.05) is 37.5 Å². The van der Waals surface area contributed by atoms with Crippen molar-refractivity contribution in [2.45, 2.75) is 25.0 Å². The lowest BCUT2D eigenvalue weighted by molar-refractivity contribution is -0.123. The zero-order chi connectivity index (χ0) is 19.1. The Bertz CT molecular complexity index is 1060. The SMILES string of the molecule is Cn1cccc1C1CC(C(=O)NCc2ccc3c(c2)n(C)c(=O)n3C)NN1. The third-order valence-electron chi connectivity index (χ3n) is 5.36. The summed E-state index contributed by atoms with van der Waals surface area (Å²) in [6, 6.07) is 9.68. The molecule has 2 unspecified atom stereocenters. The standard InChI is InChI=1S/C19H24N6O2/c1-23-8-4-5-15(23)13-10-14(22-21-13)18(26)20-11-12-6-7-16-17(9-12)25(3)19(27)24(16)2/h4-9,13-14,21-22H,10-11H2,1-3H3,(H,20,26). The van der Waals surface area contributed by atoms with Gasteiger partial charge in [-0.3, -0.25) is 13.9 Å². The molecule has 1 aromatic carbocycles. The van der Waals surface area contributed by atoms with Crippen LogP contribution in [0.2, 0.25) is 0 Å². The van der Waals surface area contributed by atoms with E-state index < -0.39 is 0 Å². The van der Waals surface area contributed by atoms with E-state index in [4.69, 9.17) is 0 Å². The molecule has 1 aliphatic rings. The van der Waals surface area contributed by atoms with Crippen molar-refractivity contribution in [1.82, 2.24) is 29.9 Å². The first-order valence-corrected chi connectivity index (χ1v) is 9.00. The minimum atomic E-state index is -0.283. The molecular formula is C19H24N6O2. The molecule has 0 saturated carbocycles. The van der Waals surface area contributed by atoms with Crippen LogP contribution in [0, 0.1) is 0 Å². The van der Waals surface area contributed by atoms with E-state index in [1.165, 1.54) is 0 Å². The molecule has 3 aromatic rings. The number of rotatable bonds is 4. The Labute approximate surface area is 156 Å². The summed E-state index contributed by atoms with van der Waals surface area (Å²) in [6.07, 6.45) is 2.69. The number of carbonyl (C=O) groups excluding carboxylic acids is 1. The van der Waals surface area contributed by atoms with Crippen LogP contribution in [0.3, 0.4) is 0 Å². The van der Waals surface area contributed by atoms with E-state index in [0.717, 1.165) is 22.3 Å². The van der Waals surface area contributed by atoms with Gasteiger partial charge in [0.2, 0.25) is 5.91 Å². The quantitative estimate of drug-likeness (QED) is 0.624. The van der Waals surface area contributed by atoms with Gasteiger partial charge in [0.25, 0.3) is 0 Å². The molecule has 0 spiro atoms. The molecule has 8 nitrogen and oxygen atoms in total. The zero-order valence-corrected chi connectivity index (χ0v) is 15.7. The van der Waals surface area contributed by atoms with Crippen LogP contribution in [0.25, 0.3) is 11.0 Å². The Hall–Kier alpha value is -2.84. The van der Waals surface area contributed by atoms with Crippen molar-refractivity contribution in [1.29, 1.82) is 0 Å². The van der Waals surface area contributed by atoms with E-state index in [0.29, 0.717) is 13.0 Å². The molecule has 4 rings (SSSR count). The second-order valence-electron chi connectivity index (χ2n) is 7.11. The lowest BCUT2D eigenvalue weighted by Gasteiger charge is -2.11. The molecule has 1 aliphatic heterocycles. The van der Waals surface area contributed by atoms with Crippen molar-refractivity contribution in [2.24, 2.45) is 21.1 Å². The number of aryl methyl sites for hydroxylation is 3. The molecule has 0 aliphatic carbocycles. The summed E-state index contributed by atoms with van der Waals surface area (Å²) in [5, 5.41) is 2.98. The Morgan fingerprint density at radius 1 is 1.15 bits per heavy atom. The fourth-order valence-electron chi connectivity index (χ4n) is 3.73. The van der Waals surface area contributed by atoms with Gasteiger partial charge in [-0.2, -0.15) is 0 Å². The van der Waals surface area contributed by atoms with Gasteiger partial charge < -0.3 is 9.88 Å². The summed E-state index contributed by atoms with van der Waals surface area (Å²) >= 11 is 0. The molecule has 0 radical (unpaired) electrons. The Morgan fingerprint density at radius 3 is 2.67 bits per heavy atom. The second-order valence-corrected chi connectivity index (χ2v) is 7.11. The van der Waals surface area contributed by atoms with Crippen molar-refractivity contribution in [3.05, 3.63) is 58.3 Å². The first-order chi connectivity index (χ1) is 13.0. The van der Waals surface area contributed by atoms with Crippen molar-refractivity contribution in [3.8, 4) is 0 Å². The number of hydrazine groups is 1. The van der Waals surface area contributed by atoms with Crippen molar-refractivity contribution < 1.29 is 4.79 Å². The number of hydrogen-bond acceptors (Lipinski definition) is 4. The highest BCUT2D eigenvalue weighted by Crippen LogP contribution is 2.22. The van der Waals surface area contributed by atoms with Crippen LogP contribution in [0.5, 0.6) is 0 Å². The summed E-state index contributed by atoms with van der Waals surface area (Å²) in [6.45, 7) is 0.421. The number of hydrogen-bond donors (Lipinski definition) is 3. The van der Waals surface area contributed by atoms with Crippen molar-refractivity contribution >= 4 is 16.9 Å². The van der Waals surface area contributed by atoms with Gasteiger partial charge in [0.15, 0.2) is 0 Å². The molecule has 2 aromatic heterocycles. The van der Waals surface area contributed by atoms with E-state index in [1.54, 1.807) is 23.2 Å². The zero-order valence-electron chi connectivity index (χ0n) is 15.7. The molecular weight excluding hydrogens is 344 g/mol. The number of carbonyl (C=O) groups is 1. The Morgan fingerprint density at radius 2 is 1.93 bits per heavy atom. The first-order valence-electron chi connectivity index (χ1n) is 9.00. The number of benzene rings is 1. The van der Waals surface area contributed by atoms with Gasteiger partial charge in [-0.15, -0.1) is 0 Å². The van der Waals surface area contributed by atoms with Gasteiger partial charge in [-0.05, 0) is 36.2 Å². The van der Waals surface area contributed by atoms with Crippen molar-refractivity contribution in [2.75, 3.05) is 0 Å².